The fraction of sp³-hybridized carbons (Fsp3) is 0.333. The van der Waals surface area contributed by atoms with E-state index in [1.807, 2.05) is 12.1 Å². The van der Waals surface area contributed by atoms with Gasteiger partial charge in [0.1, 0.15) is 0 Å². The van der Waals surface area contributed by atoms with Gasteiger partial charge in [0.25, 0.3) is 0 Å². The first kappa shape index (κ1) is 9.71. The van der Waals surface area contributed by atoms with Crippen LogP contribution >= 0.6 is 15.9 Å². The number of benzene rings is 1. The van der Waals surface area contributed by atoms with Crippen molar-refractivity contribution in [1.29, 1.82) is 0 Å². The Balaban J connectivity index is 3.22. The molecular formula is C9H13BrN2. The highest BCUT2D eigenvalue weighted by molar-refractivity contribution is 9.10. The fourth-order valence-corrected chi connectivity index (χ4v) is 1.77. The zero-order chi connectivity index (χ0) is 9.14. The van der Waals surface area contributed by atoms with Crippen molar-refractivity contribution < 1.29 is 0 Å². The van der Waals surface area contributed by atoms with Crippen LogP contribution in [0.2, 0.25) is 0 Å². The lowest BCUT2D eigenvalue weighted by Gasteiger charge is -2.08. The second-order valence-electron chi connectivity index (χ2n) is 2.76. The molecule has 0 atom stereocenters. The highest BCUT2D eigenvalue weighted by atomic mass is 79.9. The first-order chi connectivity index (χ1) is 5.69. The Morgan fingerprint density at radius 3 is 1.92 bits per heavy atom. The molecular weight excluding hydrogens is 216 g/mol. The standard InChI is InChI=1S/C9H13BrN2/c1-6-7(4-11)2-9(10)3-8(6)5-12/h2-3H,4-5,11-12H2,1H3. The zero-order valence-electron chi connectivity index (χ0n) is 7.10. The second-order valence-corrected chi connectivity index (χ2v) is 3.67. The minimum absolute atomic E-state index is 0.568. The largest absolute Gasteiger partial charge is 0.326 e. The van der Waals surface area contributed by atoms with E-state index in [-0.39, 0.29) is 0 Å². The number of hydrogen-bond donors (Lipinski definition) is 2. The summed E-state index contributed by atoms with van der Waals surface area (Å²) in [5.74, 6) is 0. The van der Waals surface area contributed by atoms with E-state index in [0.29, 0.717) is 13.1 Å². The molecule has 0 aliphatic carbocycles. The van der Waals surface area contributed by atoms with Crippen LogP contribution < -0.4 is 11.5 Å². The maximum atomic E-state index is 5.58. The van der Waals surface area contributed by atoms with Gasteiger partial charge >= 0.3 is 0 Å². The molecule has 1 rings (SSSR count). The Bertz CT molecular complexity index is 259. The van der Waals surface area contributed by atoms with Crippen molar-refractivity contribution in [2.45, 2.75) is 20.0 Å². The average molecular weight is 229 g/mol. The third-order valence-corrected chi connectivity index (χ3v) is 2.49. The Kier molecular flexibility index (Phi) is 3.26. The summed E-state index contributed by atoms with van der Waals surface area (Å²) in [7, 11) is 0. The Labute approximate surface area is 81.1 Å². The van der Waals surface area contributed by atoms with Crippen molar-refractivity contribution in [3.05, 3.63) is 33.3 Å². The predicted molar refractivity (Wildman–Crippen MR) is 54.7 cm³/mol. The van der Waals surface area contributed by atoms with Crippen LogP contribution in [-0.2, 0) is 13.1 Å². The van der Waals surface area contributed by atoms with Crippen molar-refractivity contribution in [2.24, 2.45) is 11.5 Å². The van der Waals surface area contributed by atoms with Crippen molar-refractivity contribution in [3.8, 4) is 0 Å². The minimum atomic E-state index is 0.568. The van der Waals surface area contributed by atoms with Crippen LogP contribution in [0.1, 0.15) is 16.7 Å². The summed E-state index contributed by atoms with van der Waals surface area (Å²) in [6.07, 6.45) is 0. The van der Waals surface area contributed by atoms with Crippen molar-refractivity contribution in [3.63, 3.8) is 0 Å². The summed E-state index contributed by atoms with van der Waals surface area (Å²) in [5.41, 5.74) is 14.7. The highest BCUT2D eigenvalue weighted by Gasteiger charge is 2.02. The summed E-state index contributed by atoms with van der Waals surface area (Å²) in [6.45, 7) is 3.19. The Morgan fingerprint density at radius 1 is 1.17 bits per heavy atom. The van der Waals surface area contributed by atoms with Gasteiger partial charge in [-0.2, -0.15) is 0 Å². The number of hydrogen-bond acceptors (Lipinski definition) is 2. The number of nitrogens with two attached hydrogens (primary N) is 2. The molecule has 0 spiro atoms. The van der Waals surface area contributed by atoms with Gasteiger partial charge in [-0.25, -0.2) is 0 Å². The molecule has 0 bridgehead atoms. The molecule has 1 aromatic carbocycles. The van der Waals surface area contributed by atoms with Gasteiger partial charge in [0.2, 0.25) is 0 Å². The number of rotatable bonds is 2. The quantitative estimate of drug-likeness (QED) is 0.810. The maximum absolute atomic E-state index is 5.58. The SMILES string of the molecule is Cc1c(CN)cc(Br)cc1CN. The molecule has 0 aliphatic rings. The molecule has 3 heteroatoms. The predicted octanol–water partition coefficient (Wildman–Crippen LogP) is 1.67. The number of halogens is 1. The van der Waals surface area contributed by atoms with Crippen LogP contribution in [0, 0.1) is 6.92 Å². The van der Waals surface area contributed by atoms with Crippen LogP contribution in [0.25, 0.3) is 0 Å². The summed E-state index contributed by atoms with van der Waals surface area (Å²) in [6, 6.07) is 4.07. The average Bonchev–Trinajstić information content (AvgIpc) is 2.08. The lowest BCUT2D eigenvalue weighted by atomic mass is 10.0. The Hall–Kier alpha value is -0.380. The normalized spacial score (nSPS) is 10.3. The van der Waals surface area contributed by atoms with Crippen LogP contribution in [0.15, 0.2) is 16.6 Å². The summed E-state index contributed by atoms with van der Waals surface area (Å²) >= 11 is 3.42. The molecule has 0 amide bonds. The maximum Gasteiger partial charge on any atom is 0.0181 e. The van der Waals surface area contributed by atoms with Crippen molar-refractivity contribution in [2.75, 3.05) is 0 Å². The molecule has 0 aromatic heterocycles. The van der Waals surface area contributed by atoms with Gasteiger partial charge in [-0.15, -0.1) is 0 Å². The third kappa shape index (κ3) is 1.86. The second kappa shape index (κ2) is 4.03. The van der Waals surface area contributed by atoms with Gasteiger partial charge in [-0.05, 0) is 35.7 Å². The van der Waals surface area contributed by atoms with Gasteiger partial charge in [-0.3, -0.25) is 0 Å². The smallest absolute Gasteiger partial charge is 0.0181 e. The summed E-state index contributed by atoms with van der Waals surface area (Å²) in [5, 5.41) is 0. The molecule has 0 saturated heterocycles. The molecule has 0 radical (unpaired) electrons. The molecule has 0 saturated carbocycles. The van der Waals surface area contributed by atoms with E-state index in [0.717, 1.165) is 15.6 Å². The van der Waals surface area contributed by atoms with E-state index < -0.39 is 0 Å². The Morgan fingerprint density at radius 2 is 1.58 bits per heavy atom. The third-order valence-electron chi connectivity index (χ3n) is 2.03. The van der Waals surface area contributed by atoms with Crippen molar-refractivity contribution >= 4 is 15.9 Å². The summed E-state index contributed by atoms with van der Waals surface area (Å²) < 4.78 is 1.05. The van der Waals surface area contributed by atoms with Gasteiger partial charge in [0, 0.05) is 17.6 Å². The van der Waals surface area contributed by atoms with E-state index >= 15 is 0 Å². The van der Waals surface area contributed by atoms with E-state index in [4.69, 9.17) is 11.5 Å². The van der Waals surface area contributed by atoms with Gasteiger partial charge in [0.15, 0.2) is 0 Å². The van der Waals surface area contributed by atoms with Gasteiger partial charge in [0.05, 0.1) is 0 Å². The molecule has 2 nitrogen and oxygen atoms in total. The first-order valence-corrected chi connectivity index (χ1v) is 4.66. The minimum Gasteiger partial charge on any atom is -0.326 e. The lowest BCUT2D eigenvalue weighted by Crippen LogP contribution is -2.05. The van der Waals surface area contributed by atoms with Crippen LogP contribution in [0.4, 0.5) is 0 Å². The molecule has 0 aliphatic heterocycles. The highest BCUT2D eigenvalue weighted by Crippen LogP contribution is 2.20. The molecule has 4 N–H and O–H groups in total. The van der Waals surface area contributed by atoms with E-state index in [9.17, 15) is 0 Å². The van der Waals surface area contributed by atoms with E-state index in [1.54, 1.807) is 0 Å². The zero-order valence-corrected chi connectivity index (χ0v) is 8.69. The lowest BCUT2D eigenvalue weighted by molar-refractivity contribution is 0.991. The first-order valence-electron chi connectivity index (χ1n) is 3.87. The molecule has 1 aromatic rings. The van der Waals surface area contributed by atoms with Gasteiger partial charge < -0.3 is 11.5 Å². The van der Waals surface area contributed by atoms with Crippen LogP contribution in [0.3, 0.4) is 0 Å². The van der Waals surface area contributed by atoms with Crippen molar-refractivity contribution in [1.82, 2.24) is 0 Å². The molecule has 0 fully saturated rings. The molecule has 0 unspecified atom stereocenters. The molecule has 12 heavy (non-hydrogen) atoms. The topological polar surface area (TPSA) is 52.0 Å². The molecule has 66 valence electrons. The molecule has 0 heterocycles. The van der Waals surface area contributed by atoms with E-state index in [1.165, 1.54) is 5.56 Å². The monoisotopic (exact) mass is 228 g/mol. The van der Waals surface area contributed by atoms with Crippen LogP contribution in [0.5, 0.6) is 0 Å². The van der Waals surface area contributed by atoms with Gasteiger partial charge in [-0.1, -0.05) is 15.9 Å². The fourth-order valence-electron chi connectivity index (χ4n) is 1.22. The van der Waals surface area contributed by atoms with Crippen LogP contribution in [-0.4, -0.2) is 0 Å². The van der Waals surface area contributed by atoms with E-state index in [2.05, 4.69) is 22.9 Å². The summed E-state index contributed by atoms with van der Waals surface area (Å²) in [4.78, 5) is 0.